The Kier molecular flexibility index (Phi) is 1.73. The predicted molar refractivity (Wildman–Crippen MR) is 32.7 cm³/mol. The molecule has 0 aromatic heterocycles. The van der Waals surface area contributed by atoms with Gasteiger partial charge in [-0.05, 0) is 25.3 Å². The van der Waals surface area contributed by atoms with Gasteiger partial charge < -0.3 is 10.8 Å². The van der Waals surface area contributed by atoms with Gasteiger partial charge in [-0.3, -0.25) is 0 Å². The summed E-state index contributed by atoms with van der Waals surface area (Å²) in [6.45, 7) is -0.0498. The van der Waals surface area contributed by atoms with Crippen LogP contribution < -0.4 is 5.73 Å². The van der Waals surface area contributed by atoms with Crippen LogP contribution in [0.1, 0.15) is 12.8 Å². The van der Waals surface area contributed by atoms with E-state index >= 15 is 0 Å². The summed E-state index contributed by atoms with van der Waals surface area (Å²) in [6, 6.07) is 0. The molecule has 1 fully saturated rings. The predicted octanol–water partition coefficient (Wildman–Crippen LogP) is 0.0557. The smallest absolute Gasteiger partial charge is 0.118 e. The van der Waals surface area contributed by atoms with E-state index in [9.17, 15) is 4.39 Å². The Morgan fingerprint density at radius 2 is 2.22 bits per heavy atom. The molecule has 3 heteroatoms. The third-order valence-corrected chi connectivity index (χ3v) is 1.92. The fourth-order valence-electron chi connectivity index (χ4n) is 1.29. The molecule has 2 nitrogen and oxygen atoms in total. The van der Waals surface area contributed by atoms with E-state index in [1.807, 2.05) is 0 Å². The SMILES string of the molecule is NC[C@H]1C[C@](O)(CF)C1. The van der Waals surface area contributed by atoms with Gasteiger partial charge in [-0.2, -0.15) is 0 Å². The van der Waals surface area contributed by atoms with Crippen molar-refractivity contribution >= 4 is 0 Å². The van der Waals surface area contributed by atoms with Crippen LogP contribution in [0, 0.1) is 5.92 Å². The van der Waals surface area contributed by atoms with Crippen molar-refractivity contribution in [3.05, 3.63) is 0 Å². The average Bonchev–Trinajstić information content (AvgIpc) is 1.81. The van der Waals surface area contributed by atoms with E-state index in [-0.39, 0.29) is 0 Å². The third-order valence-electron chi connectivity index (χ3n) is 1.92. The van der Waals surface area contributed by atoms with Gasteiger partial charge >= 0.3 is 0 Å². The first-order valence-electron chi connectivity index (χ1n) is 3.18. The summed E-state index contributed by atoms with van der Waals surface area (Å²) in [6.07, 6.45) is 1.08. The summed E-state index contributed by atoms with van der Waals surface area (Å²) in [7, 11) is 0. The maximum atomic E-state index is 11.8. The lowest BCUT2D eigenvalue weighted by Crippen LogP contribution is -2.48. The summed E-state index contributed by atoms with van der Waals surface area (Å²) in [5, 5.41) is 9.09. The molecule has 1 saturated carbocycles. The van der Waals surface area contributed by atoms with Crippen LogP contribution in [0.15, 0.2) is 0 Å². The van der Waals surface area contributed by atoms with Crippen LogP contribution in [0.3, 0.4) is 0 Å². The topological polar surface area (TPSA) is 46.2 Å². The van der Waals surface area contributed by atoms with E-state index in [0.29, 0.717) is 25.3 Å². The minimum Gasteiger partial charge on any atom is -0.387 e. The zero-order chi connectivity index (χ0) is 6.91. The molecule has 0 radical (unpaired) electrons. The molecule has 0 aromatic rings. The first kappa shape index (κ1) is 6.96. The molecule has 1 aliphatic carbocycles. The van der Waals surface area contributed by atoms with Gasteiger partial charge in [-0.25, -0.2) is 4.39 Å². The maximum absolute atomic E-state index is 11.8. The Hall–Kier alpha value is -0.150. The quantitative estimate of drug-likeness (QED) is 0.559. The Labute approximate surface area is 53.9 Å². The molecule has 0 amide bonds. The fourth-order valence-corrected chi connectivity index (χ4v) is 1.29. The first-order valence-corrected chi connectivity index (χ1v) is 3.18. The number of alkyl halides is 1. The molecule has 3 N–H and O–H groups in total. The van der Waals surface area contributed by atoms with Gasteiger partial charge in [0.2, 0.25) is 0 Å². The Morgan fingerprint density at radius 3 is 2.56 bits per heavy atom. The molecular weight excluding hydrogens is 121 g/mol. The second kappa shape index (κ2) is 2.23. The summed E-state index contributed by atoms with van der Waals surface area (Å²) in [5.41, 5.74) is 4.27. The molecule has 0 saturated heterocycles. The number of nitrogens with two attached hydrogens (primary N) is 1. The zero-order valence-electron chi connectivity index (χ0n) is 5.31. The van der Waals surface area contributed by atoms with Crippen molar-refractivity contribution in [3.63, 3.8) is 0 Å². The summed E-state index contributed by atoms with van der Waals surface area (Å²) in [4.78, 5) is 0. The number of rotatable bonds is 2. The molecule has 0 atom stereocenters. The van der Waals surface area contributed by atoms with E-state index in [0.717, 1.165) is 0 Å². The van der Waals surface area contributed by atoms with Crippen molar-refractivity contribution in [2.45, 2.75) is 18.4 Å². The van der Waals surface area contributed by atoms with Crippen molar-refractivity contribution in [2.24, 2.45) is 11.7 Å². The van der Waals surface area contributed by atoms with Crippen LogP contribution in [0.5, 0.6) is 0 Å². The van der Waals surface area contributed by atoms with E-state index in [4.69, 9.17) is 10.8 Å². The first-order chi connectivity index (χ1) is 4.20. The van der Waals surface area contributed by atoms with Gasteiger partial charge in [0.05, 0.1) is 5.60 Å². The highest BCUT2D eigenvalue weighted by atomic mass is 19.1. The summed E-state index contributed by atoms with van der Waals surface area (Å²) < 4.78 is 11.8. The van der Waals surface area contributed by atoms with Gasteiger partial charge in [-0.1, -0.05) is 0 Å². The highest BCUT2D eigenvalue weighted by Gasteiger charge is 2.41. The van der Waals surface area contributed by atoms with Crippen LogP contribution in [0.4, 0.5) is 4.39 Å². The Balaban J connectivity index is 2.24. The lowest BCUT2D eigenvalue weighted by Gasteiger charge is -2.41. The van der Waals surface area contributed by atoms with E-state index in [1.165, 1.54) is 0 Å². The molecule has 0 heterocycles. The van der Waals surface area contributed by atoms with Crippen molar-refractivity contribution in [3.8, 4) is 0 Å². The molecule has 0 aromatic carbocycles. The van der Waals surface area contributed by atoms with E-state index in [2.05, 4.69) is 0 Å². The number of halogens is 1. The Morgan fingerprint density at radius 1 is 1.67 bits per heavy atom. The molecular formula is C6H12FNO. The molecule has 1 rings (SSSR count). The Bertz CT molecular complexity index is 101. The normalized spacial score (nSPS) is 42.3. The van der Waals surface area contributed by atoms with Crippen LogP contribution in [-0.4, -0.2) is 23.9 Å². The second-order valence-corrected chi connectivity index (χ2v) is 2.87. The van der Waals surface area contributed by atoms with Gasteiger partial charge in [0.15, 0.2) is 0 Å². The number of aliphatic hydroxyl groups is 1. The lowest BCUT2D eigenvalue weighted by molar-refractivity contribution is -0.0853. The molecule has 0 aliphatic heterocycles. The summed E-state index contributed by atoms with van der Waals surface area (Å²) in [5.74, 6) is 0.353. The monoisotopic (exact) mass is 133 g/mol. The van der Waals surface area contributed by atoms with Crippen LogP contribution in [0.2, 0.25) is 0 Å². The van der Waals surface area contributed by atoms with Crippen LogP contribution >= 0.6 is 0 Å². The molecule has 54 valence electrons. The zero-order valence-corrected chi connectivity index (χ0v) is 5.31. The lowest BCUT2D eigenvalue weighted by atomic mass is 9.72. The van der Waals surface area contributed by atoms with Crippen molar-refractivity contribution in [2.75, 3.05) is 13.2 Å². The second-order valence-electron chi connectivity index (χ2n) is 2.87. The highest BCUT2D eigenvalue weighted by Crippen LogP contribution is 2.36. The van der Waals surface area contributed by atoms with Gasteiger partial charge in [0.1, 0.15) is 6.67 Å². The molecule has 0 unspecified atom stereocenters. The molecule has 0 spiro atoms. The van der Waals surface area contributed by atoms with Gasteiger partial charge in [0, 0.05) is 0 Å². The van der Waals surface area contributed by atoms with Crippen molar-refractivity contribution < 1.29 is 9.50 Å². The van der Waals surface area contributed by atoms with Crippen LogP contribution in [-0.2, 0) is 0 Å². The van der Waals surface area contributed by atoms with E-state index in [1.54, 1.807) is 0 Å². The van der Waals surface area contributed by atoms with Gasteiger partial charge in [0.25, 0.3) is 0 Å². The molecule has 9 heavy (non-hydrogen) atoms. The van der Waals surface area contributed by atoms with E-state index < -0.39 is 12.3 Å². The summed E-state index contributed by atoms with van der Waals surface area (Å²) >= 11 is 0. The van der Waals surface area contributed by atoms with Crippen molar-refractivity contribution in [1.29, 1.82) is 0 Å². The maximum Gasteiger partial charge on any atom is 0.118 e. The minimum absolute atomic E-state index is 0.353. The number of hydrogen-bond acceptors (Lipinski definition) is 2. The number of hydrogen-bond donors (Lipinski definition) is 2. The molecule has 0 bridgehead atoms. The average molecular weight is 133 g/mol. The van der Waals surface area contributed by atoms with Crippen molar-refractivity contribution in [1.82, 2.24) is 0 Å². The van der Waals surface area contributed by atoms with Gasteiger partial charge in [-0.15, -0.1) is 0 Å². The standard InChI is InChI=1S/C6H12FNO/c7-4-6(9)1-5(2-6)3-8/h5,9H,1-4,8H2/t5-,6+. The minimum atomic E-state index is -1.01. The van der Waals surface area contributed by atoms with Crippen LogP contribution in [0.25, 0.3) is 0 Å². The fraction of sp³-hybridized carbons (Fsp3) is 1.00. The largest absolute Gasteiger partial charge is 0.387 e. The molecule has 1 aliphatic rings. The highest BCUT2D eigenvalue weighted by molar-refractivity contribution is 4.93. The third kappa shape index (κ3) is 1.22.